The van der Waals surface area contributed by atoms with Crippen molar-refractivity contribution in [3.8, 4) is 5.75 Å². The van der Waals surface area contributed by atoms with Crippen molar-refractivity contribution in [2.24, 2.45) is 0 Å². The highest BCUT2D eigenvalue weighted by atomic mass is 32.2. The summed E-state index contributed by atoms with van der Waals surface area (Å²) in [6.07, 6.45) is 5.89. The lowest BCUT2D eigenvalue weighted by Gasteiger charge is -2.04. The molecule has 0 amide bonds. The first-order chi connectivity index (χ1) is 10.3. The zero-order valence-electron chi connectivity index (χ0n) is 12.6. The molecule has 0 aliphatic carbocycles. The lowest BCUT2D eigenvalue weighted by molar-refractivity contribution is 0.414. The number of pyridine rings is 1. The molecule has 0 fully saturated rings. The number of imidazole rings is 1. The zero-order valence-corrected chi connectivity index (χ0v) is 13.4. The van der Waals surface area contributed by atoms with Gasteiger partial charge in [-0.25, -0.2) is 4.98 Å². The van der Waals surface area contributed by atoms with E-state index in [1.54, 1.807) is 7.11 Å². The summed E-state index contributed by atoms with van der Waals surface area (Å²) in [5.74, 6) is 1.85. The molecule has 0 spiro atoms. The van der Waals surface area contributed by atoms with Crippen LogP contribution in [0.2, 0.25) is 0 Å². The fourth-order valence-electron chi connectivity index (χ4n) is 1.87. The van der Waals surface area contributed by atoms with Crippen molar-refractivity contribution < 1.29 is 4.74 Å². The molecule has 110 valence electrons. The minimum atomic E-state index is 0.897. The number of hydrogen-bond acceptors (Lipinski definition) is 3. The molecule has 0 unspecified atom stereocenters. The van der Waals surface area contributed by atoms with Gasteiger partial charge in [-0.2, -0.15) is 0 Å². The highest BCUT2D eigenvalue weighted by Crippen LogP contribution is 2.24. The summed E-state index contributed by atoms with van der Waals surface area (Å²) in [6.45, 7) is 4.00. The Labute approximate surface area is 130 Å². The summed E-state index contributed by atoms with van der Waals surface area (Å²) in [5.41, 5.74) is 2.27. The SMILES string of the molecule is CC.COc1ccc(CSc2ccc3nccn3c2)cc1. The number of nitrogens with zero attached hydrogens (tertiary/aromatic N) is 2. The van der Waals surface area contributed by atoms with Crippen molar-refractivity contribution in [1.29, 1.82) is 0 Å². The molecule has 0 N–H and O–H groups in total. The van der Waals surface area contributed by atoms with E-state index >= 15 is 0 Å². The molecule has 2 aromatic heterocycles. The molecule has 21 heavy (non-hydrogen) atoms. The van der Waals surface area contributed by atoms with Gasteiger partial charge in [0.05, 0.1) is 7.11 Å². The molecular weight excluding hydrogens is 280 g/mol. The zero-order chi connectivity index (χ0) is 15.1. The number of hydrogen-bond donors (Lipinski definition) is 0. The van der Waals surface area contributed by atoms with Crippen molar-refractivity contribution in [2.75, 3.05) is 7.11 Å². The predicted molar refractivity (Wildman–Crippen MR) is 89.1 cm³/mol. The van der Waals surface area contributed by atoms with Gasteiger partial charge in [0, 0.05) is 29.2 Å². The lowest BCUT2D eigenvalue weighted by atomic mass is 10.2. The summed E-state index contributed by atoms with van der Waals surface area (Å²) in [6, 6.07) is 12.3. The smallest absolute Gasteiger partial charge is 0.136 e. The van der Waals surface area contributed by atoms with E-state index in [-0.39, 0.29) is 0 Å². The molecule has 3 rings (SSSR count). The summed E-state index contributed by atoms with van der Waals surface area (Å²) < 4.78 is 7.19. The van der Waals surface area contributed by atoms with E-state index in [9.17, 15) is 0 Å². The van der Waals surface area contributed by atoms with Crippen molar-refractivity contribution in [3.63, 3.8) is 0 Å². The van der Waals surface area contributed by atoms with Gasteiger partial charge < -0.3 is 9.14 Å². The largest absolute Gasteiger partial charge is 0.497 e. The highest BCUT2D eigenvalue weighted by Gasteiger charge is 1.99. The van der Waals surface area contributed by atoms with Crippen LogP contribution in [-0.4, -0.2) is 16.5 Å². The van der Waals surface area contributed by atoms with Crippen LogP contribution in [0.4, 0.5) is 0 Å². The third-order valence-electron chi connectivity index (χ3n) is 2.93. The van der Waals surface area contributed by atoms with E-state index in [4.69, 9.17) is 4.74 Å². The van der Waals surface area contributed by atoms with Gasteiger partial charge in [0.15, 0.2) is 0 Å². The van der Waals surface area contributed by atoms with Gasteiger partial charge in [0.25, 0.3) is 0 Å². The van der Waals surface area contributed by atoms with Crippen LogP contribution in [0, 0.1) is 0 Å². The maximum Gasteiger partial charge on any atom is 0.136 e. The monoisotopic (exact) mass is 300 g/mol. The average Bonchev–Trinajstić information content (AvgIpc) is 3.03. The van der Waals surface area contributed by atoms with Crippen LogP contribution in [0.1, 0.15) is 19.4 Å². The highest BCUT2D eigenvalue weighted by molar-refractivity contribution is 7.98. The third-order valence-corrected chi connectivity index (χ3v) is 3.98. The van der Waals surface area contributed by atoms with Crippen LogP contribution >= 0.6 is 11.8 Å². The molecule has 3 nitrogen and oxygen atoms in total. The van der Waals surface area contributed by atoms with Gasteiger partial charge in [-0.1, -0.05) is 26.0 Å². The maximum atomic E-state index is 5.15. The van der Waals surface area contributed by atoms with E-state index in [2.05, 4.69) is 29.4 Å². The fourth-order valence-corrected chi connectivity index (χ4v) is 2.75. The van der Waals surface area contributed by atoms with Gasteiger partial charge in [0.2, 0.25) is 0 Å². The van der Waals surface area contributed by atoms with Crippen LogP contribution in [0.3, 0.4) is 0 Å². The number of benzene rings is 1. The van der Waals surface area contributed by atoms with E-state index in [0.29, 0.717) is 0 Å². The minimum absolute atomic E-state index is 0.897. The number of methoxy groups -OCH3 is 1. The van der Waals surface area contributed by atoms with Gasteiger partial charge in [-0.3, -0.25) is 0 Å². The number of fused-ring (bicyclic) bond motifs is 1. The molecule has 0 radical (unpaired) electrons. The van der Waals surface area contributed by atoms with E-state index in [1.807, 2.05) is 60.6 Å². The van der Waals surface area contributed by atoms with Crippen LogP contribution in [-0.2, 0) is 5.75 Å². The van der Waals surface area contributed by atoms with Crippen molar-refractivity contribution in [3.05, 3.63) is 60.6 Å². The van der Waals surface area contributed by atoms with E-state index < -0.39 is 0 Å². The molecule has 4 heteroatoms. The summed E-state index contributed by atoms with van der Waals surface area (Å²) in [4.78, 5) is 5.47. The Hall–Kier alpha value is -1.94. The lowest BCUT2D eigenvalue weighted by Crippen LogP contribution is -1.86. The van der Waals surface area contributed by atoms with Crippen LogP contribution in [0.5, 0.6) is 5.75 Å². The first-order valence-corrected chi connectivity index (χ1v) is 8.02. The molecule has 0 bridgehead atoms. The molecule has 3 aromatic rings. The Morgan fingerprint density at radius 2 is 1.86 bits per heavy atom. The van der Waals surface area contributed by atoms with Crippen molar-refractivity contribution in [2.45, 2.75) is 24.5 Å². The van der Waals surface area contributed by atoms with E-state index in [1.165, 1.54) is 10.5 Å². The maximum absolute atomic E-state index is 5.15. The molecular formula is C17H20N2OS. The van der Waals surface area contributed by atoms with Crippen LogP contribution < -0.4 is 4.74 Å². The minimum Gasteiger partial charge on any atom is -0.497 e. The molecule has 0 aliphatic rings. The average molecular weight is 300 g/mol. The Kier molecular flexibility index (Phi) is 5.69. The number of thioether (sulfide) groups is 1. The van der Waals surface area contributed by atoms with Gasteiger partial charge in [0.1, 0.15) is 11.4 Å². The quantitative estimate of drug-likeness (QED) is 0.655. The Bertz CT molecular complexity index is 677. The number of aromatic nitrogens is 2. The normalized spacial score (nSPS) is 10.0. The molecule has 0 atom stereocenters. The topological polar surface area (TPSA) is 26.5 Å². The van der Waals surface area contributed by atoms with Gasteiger partial charge >= 0.3 is 0 Å². The number of ether oxygens (including phenoxy) is 1. The molecule has 1 aromatic carbocycles. The number of rotatable bonds is 4. The van der Waals surface area contributed by atoms with Crippen LogP contribution in [0.15, 0.2) is 59.9 Å². The van der Waals surface area contributed by atoms with Crippen LogP contribution in [0.25, 0.3) is 5.65 Å². The standard InChI is InChI=1S/C15H14N2OS.C2H6/c1-18-13-4-2-12(3-5-13)11-19-14-6-7-15-16-8-9-17(15)10-14;1-2/h2-10H,11H2,1H3;1-2H3. The van der Waals surface area contributed by atoms with Gasteiger partial charge in [-0.05, 0) is 29.8 Å². The first kappa shape index (κ1) is 15.4. The second-order valence-corrected chi connectivity index (χ2v) is 5.24. The molecule has 0 saturated heterocycles. The fraction of sp³-hybridized carbons (Fsp3) is 0.235. The molecule has 0 saturated carbocycles. The second kappa shape index (κ2) is 7.74. The van der Waals surface area contributed by atoms with Crippen molar-refractivity contribution >= 4 is 17.4 Å². The summed E-state index contributed by atoms with van der Waals surface area (Å²) in [5, 5.41) is 0. The molecule has 2 heterocycles. The Morgan fingerprint density at radius 1 is 1.10 bits per heavy atom. The van der Waals surface area contributed by atoms with E-state index in [0.717, 1.165) is 17.1 Å². The summed E-state index contributed by atoms with van der Waals surface area (Å²) in [7, 11) is 1.68. The van der Waals surface area contributed by atoms with Crippen molar-refractivity contribution in [1.82, 2.24) is 9.38 Å². The first-order valence-electron chi connectivity index (χ1n) is 7.03. The Balaban J connectivity index is 0.000000774. The summed E-state index contributed by atoms with van der Waals surface area (Å²) >= 11 is 1.82. The second-order valence-electron chi connectivity index (χ2n) is 4.19. The predicted octanol–water partition coefficient (Wildman–Crippen LogP) is 4.66. The third kappa shape index (κ3) is 4.02. The molecule has 0 aliphatic heterocycles. The van der Waals surface area contributed by atoms with Gasteiger partial charge in [-0.15, -0.1) is 11.8 Å². The Morgan fingerprint density at radius 3 is 2.57 bits per heavy atom.